The first-order valence-electron chi connectivity index (χ1n) is 7.47. The first kappa shape index (κ1) is 15.4. The molecular formula is C15H23N5O. The maximum absolute atomic E-state index is 9.99. The highest BCUT2D eigenvalue weighted by molar-refractivity contribution is 5.46. The van der Waals surface area contributed by atoms with Gasteiger partial charge < -0.3 is 10.0 Å². The van der Waals surface area contributed by atoms with Gasteiger partial charge in [0.25, 0.3) is 0 Å². The van der Waals surface area contributed by atoms with E-state index in [0.29, 0.717) is 13.1 Å². The van der Waals surface area contributed by atoms with Crippen molar-refractivity contribution in [1.82, 2.24) is 20.2 Å². The maximum atomic E-state index is 9.99. The summed E-state index contributed by atoms with van der Waals surface area (Å²) in [6.45, 7) is 6.05. The van der Waals surface area contributed by atoms with Gasteiger partial charge >= 0.3 is 0 Å². The molecule has 0 saturated heterocycles. The van der Waals surface area contributed by atoms with Gasteiger partial charge in [-0.15, -0.1) is 5.10 Å². The summed E-state index contributed by atoms with van der Waals surface area (Å²) < 4.78 is 1.83. The molecular weight excluding hydrogens is 266 g/mol. The number of nitrogens with zero attached hydrogens (tertiary/aromatic N) is 5. The molecule has 0 radical (unpaired) electrons. The first-order chi connectivity index (χ1) is 10.2. The largest absolute Gasteiger partial charge is 0.391 e. The Morgan fingerprint density at radius 1 is 1.24 bits per heavy atom. The van der Waals surface area contributed by atoms with Crippen LogP contribution in [0.3, 0.4) is 0 Å². The molecule has 2 rings (SSSR count). The molecule has 1 aromatic carbocycles. The summed E-state index contributed by atoms with van der Waals surface area (Å²) in [5.74, 6) is 0.823. The lowest BCUT2D eigenvalue weighted by atomic mass is 10.2. The molecule has 1 unspecified atom stereocenters. The van der Waals surface area contributed by atoms with Crippen molar-refractivity contribution in [3.8, 4) is 0 Å². The molecule has 0 spiro atoms. The summed E-state index contributed by atoms with van der Waals surface area (Å²) in [5.41, 5.74) is 1.07. The van der Waals surface area contributed by atoms with Crippen LogP contribution in [-0.2, 0) is 13.1 Å². The summed E-state index contributed by atoms with van der Waals surface area (Å²) in [6.07, 6.45) is 1.35. The summed E-state index contributed by atoms with van der Waals surface area (Å²) >= 11 is 0. The molecule has 1 aromatic heterocycles. The Labute approximate surface area is 125 Å². The fraction of sp³-hybridized carbons (Fsp3) is 0.533. The number of hydrogen-bond donors (Lipinski definition) is 1. The molecule has 114 valence electrons. The minimum absolute atomic E-state index is 0.360. The van der Waals surface area contributed by atoms with E-state index in [1.165, 1.54) is 0 Å². The number of tetrazole rings is 1. The lowest BCUT2D eigenvalue weighted by Crippen LogP contribution is -2.32. The molecule has 0 saturated carbocycles. The molecule has 0 bridgehead atoms. The molecule has 0 aliphatic rings. The van der Waals surface area contributed by atoms with E-state index in [-0.39, 0.29) is 6.10 Å². The van der Waals surface area contributed by atoms with Gasteiger partial charge in [0.2, 0.25) is 0 Å². The van der Waals surface area contributed by atoms with Crippen molar-refractivity contribution in [1.29, 1.82) is 0 Å². The second-order valence-corrected chi connectivity index (χ2v) is 5.10. The number of benzene rings is 1. The molecule has 6 nitrogen and oxygen atoms in total. The van der Waals surface area contributed by atoms with Crippen LogP contribution < -0.4 is 4.90 Å². The fourth-order valence-corrected chi connectivity index (χ4v) is 2.18. The van der Waals surface area contributed by atoms with E-state index in [0.717, 1.165) is 30.9 Å². The molecule has 0 aliphatic heterocycles. The number of aliphatic hydroxyl groups is 1. The smallest absolute Gasteiger partial charge is 0.170 e. The molecule has 0 fully saturated rings. The van der Waals surface area contributed by atoms with Gasteiger partial charge in [-0.2, -0.15) is 0 Å². The zero-order chi connectivity index (χ0) is 15.1. The van der Waals surface area contributed by atoms with E-state index in [1.54, 1.807) is 0 Å². The molecule has 0 aliphatic carbocycles. The van der Waals surface area contributed by atoms with Crippen LogP contribution in [0.4, 0.5) is 5.69 Å². The van der Waals surface area contributed by atoms with Crippen LogP contribution in [0.25, 0.3) is 0 Å². The standard InChI is InChI=1S/C15H23N5O/c1-3-10-20-15(16-17-18-20)12-19(11-14(21)4-2)13-8-6-5-7-9-13/h5-9,14,21H,3-4,10-12H2,1-2H3. The number of hydrogen-bond acceptors (Lipinski definition) is 5. The predicted octanol–water partition coefficient (Wildman–Crippen LogP) is 1.86. The lowest BCUT2D eigenvalue weighted by molar-refractivity contribution is 0.175. The third kappa shape index (κ3) is 4.26. The summed E-state index contributed by atoms with van der Waals surface area (Å²) in [6, 6.07) is 10.1. The highest BCUT2D eigenvalue weighted by Gasteiger charge is 2.15. The quantitative estimate of drug-likeness (QED) is 0.803. The average molecular weight is 289 g/mol. The van der Waals surface area contributed by atoms with E-state index >= 15 is 0 Å². The van der Waals surface area contributed by atoms with Gasteiger partial charge in [-0.3, -0.25) is 0 Å². The molecule has 1 N–H and O–H groups in total. The van der Waals surface area contributed by atoms with Crippen LogP contribution in [-0.4, -0.2) is 38.0 Å². The van der Waals surface area contributed by atoms with Crippen LogP contribution in [0.5, 0.6) is 0 Å². The molecule has 6 heteroatoms. The minimum atomic E-state index is -0.360. The van der Waals surface area contributed by atoms with Gasteiger partial charge in [0.05, 0.1) is 12.6 Å². The third-order valence-corrected chi connectivity index (χ3v) is 3.40. The van der Waals surface area contributed by atoms with Gasteiger partial charge in [0.15, 0.2) is 5.82 Å². The Kier molecular flexibility index (Phi) is 5.68. The lowest BCUT2D eigenvalue weighted by Gasteiger charge is -2.26. The van der Waals surface area contributed by atoms with Crippen LogP contribution in [0.1, 0.15) is 32.5 Å². The minimum Gasteiger partial charge on any atom is -0.391 e. The number of anilines is 1. The first-order valence-corrected chi connectivity index (χ1v) is 7.47. The molecule has 21 heavy (non-hydrogen) atoms. The van der Waals surface area contributed by atoms with Crippen molar-refractivity contribution in [3.05, 3.63) is 36.2 Å². The average Bonchev–Trinajstić information content (AvgIpc) is 2.95. The van der Waals surface area contributed by atoms with E-state index < -0.39 is 0 Å². The summed E-state index contributed by atoms with van der Waals surface area (Å²) in [7, 11) is 0. The normalized spacial score (nSPS) is 12.3. The number of para-hydroxylation sites is 1. The second-order valence-electron chi connectivity index (χ2n) is 5.10. The third-order valence-electron chi connectivity index (χ3n) is 3.40. The number of aliphatic hydroxyl groups excluding tert-OH is 1. The second kappa shape index (κ2) is 7.73. The highest BCUT2D eigenvalue weighted by atomic mass is 16.3. The van der Waals surface area contributed by atoms with Crippen LogP contribution in [0, 0.1) is 0 Å². The monoisotopic (exact) mass is 289 g/mol. The van der Waals surface area contributed by atoms with E-state index in [4.69, 9.17) is 0 Å². The van der Waals surface area contributed by atoms with Gasteiger partial charge in [0, 0.05) is 18.8 Å². The SMILES string of the molecule is CCCn1nnnc1CN(CC(O)CC)c1ccccc1. The van der Waals surface area contributed by atoms with Crippen molar-refractivity contribution < 1.29 is 5.11 Å². The van der Waals surface area contributed by atoms with Crippen molar-refractivity contribution in [2.45, 2.75) is 45.9 Å². The van der Waals surface area contributed by atoms with Crippen LogP contribution in [0.15, 0.2) is 30.3 Å². The summed E-state index contributed by atoms with van der Waals surface area (Å²) in [4.78, 5) is 2.12. The van der Waals surface area contributed by atoms with Crippen molar-refractivity contribution in [2.75, 3.05) is 11.4 Å². The molecule has 1 heterocycles. The Hall–Kier alpha value is -1.95. The maximum Gasteiger partial charge on any atom is 0.170 e. The Morgan fingerprint density at radius 3 is 2.67 bits per heavy atom. The molecule has 0 amide bonds. The fourth-order valence-electron chi connectivity index (χ4n) is 2.18. The van der Waals surface area contributed by atoms with Crippen molar-refractivity contribution in [3.63, 3.8) is 0 Å². The van der Waals surface area contributed by atoms with Crippen molar-refractivity contribution >= 4 is 5.69 Å². The van der Waals surface area contributed by atoms with Gasteiger partial charge in [0.1, 0.15) is 0 Å². The van der Waals surface area contributed by atoms with Gasteiger partial charge in [-0.25, -0.2) is 4.68 Å². The van der Waals surface area contributed by atoms with Gasteiger partial charge in [-0.1, -0.05) is 32.0 Å². The van der Waals surface area contributed by atoms with E-state index in [9.17, 15) is 5.11 Å². The molecule has 1 atom stereocenters. The Morgan fingerprint density at radius 2 is 2.00 bits per heavy atom. The van der Waals surface area contributed by atoms with E-state index in [2.05, 4.69) is 27.3 Å². The van der Waals surface area contributed by atoms with Crippen LogP contribution in [0.2, 0.25) is 0 Å². The van der Waals surface area contributed by atoms with Crippen LogP contribution >= 0.6 is 0 Å². The summed E-state index contributed by atoms with van der Waals surface area (Å²) in [5, 5.41) is 21.9. The zero-order valence-corrected chi connectivity index (χ0v) is 12.7. The van der Waals surface area contributed by atoms with Gasteiger partial charge in [-0.05, 0) is 35.4 Å². The molecule has 2 aromatic rings. The topological polar surface area (TPSA) is 67.1 Å². The zero-order valence-electron chi connectivity index (χ0n) is 12.7. The predicted molar refractivity (Wildman–Crippen MR) is 81.9 cm³/mol. The van der Waals surface area contributed by atoms with Crippen molar-refractivity contribution in [2.24, 2.45) is 0 Å². The highest BCUT2D eigenvalue weighted by Crippen LogP contribution is 2.17. The number of aromatic nitrogens is 4. The Bertz CT molecular complexity index is 528. The Balaban J connectivity index is 2.17. The van der Waals surface area contributed by atoms with E-state index in [1.807, 2.05) is 41.9 Å². The number of rotatable bonds is 8. The number of aryl methyl sites for hydroxylation is 1.